The molecule has 1 saturated heterocycles. The zero-order valence-corrected chi connectivity index (χ0v) is 12.6. The van der Waals surface area contributed by atoms with E-state index < -0.39 is 0 Å². The molecular formula is C16H19FN4O. The number of hydrogen-bond acceptors (Lipinski definition) is 3. The minimum Gasteiger partial charge on any atom is -0.326 e. The number of rotatable bonds is 3. The molecule has 1 aliphatic heterocycles. The van der Waals surface area contributed by atoms with Crippen molar-refractivity contribution in [2.75, 3.05) is 18.4 Å². The summed E-state index contributed by atoms with van der Waals surface area (Å²) in [6.45, 7) is 3.07. The van der Waals surface area contributed by atoms with Crippen molar-refractivity contribution in [2.45, 2.75) is 12.8 Å². The first kappa shape index (κ1) is 14.7. The number of carbonyl (C=O) groups excluding carboxylic acids is 1. The van der Waals surface area contributed by atoms with Crippen molar-refractivity contribution >= 4 is 11.6 Å². The molecule has 0 radical (unpaired) electrons. The normalized spacial score (nSPS) is 21.0. The van der Waals surface area contributed by atoms with Gasteiger partial charge in [0.25, 0.3) is 0 Å². The van der Waals surface area contributed by atoms with E-state index in [4.69, 9.17) is 0 Å². The van der Waals surface area contributed by atoms with Gasteiger partial charge in [0.2, 0.25) is 5.91 Å². The van der Waals surface area contributed by atoms with Crippen molar-refractivity contribution in [2.24, 2.45) is 13.0 Å². The molecule has 2 N–H and O–H groups in total. The summed E-state index contributed by atoms with van der Waals surface area (Å²) in [5, 5.41) is 10.3. The third-order valence-corrected chi connectivity index (χ3v) is 4.13. The third-order valence-electron chi connectivity index (χ3n) is 4.13. The predicted octanol–water partition coefficient (Wildman–Crippen LogP) is 1.81. The van der Waals surface area contributed by atoms with Gasteiger partial charge in [-0.1, -0.05) is 0 Å². The molecule has 0 unspecified atom stereocenters. The highest BCUT2D eigenvalue weighted by Gasteiger charge is 2.34. The maximum Gasteiger partial charge on any atom is 0.229 e. The minimum atomic E-state index is -0.270. The van der Waals surface area contributed by atoms with E-state index in [1.54, 1.807) is 29.9 Å². The van der Waals surface area contributed by atoms with E-state index in [-0.39, 0.29) is 23.6 Å². The molecule has 22 heavy (non-hydrogen) atoms. The number of carbonyl (C=O) groups is 1. The Morgan fingerprint density at radius 2 is 2.27 bits per heavy atom. The molecule has 2 heterocycles. The maximum absolute atomic E-state index is 13.3. The highest BCUT2D eigenvalue weighted by Crippen LogP contribution is 2.29. The molecule has 0 bridgehead atoms. The Morgan fingerprint density at radius 1 is 1.45 bits per heavy atom. The molecule has 0 saturated carbocycles. The molecule has 116 valence electrons. The molecule has 2 atom stereocenters. The Morgan fingerprint density at radius 3 is 2.95 bits per heavy atom. The van der Waals surface area contributed by atoms with Crippen LogP contribution < -0.4 is 10.6 Å². The van der Waals surface area contributed by atoms with Crippen LogP contribution in [-0.4, -0.2) is 28.8 Å². The van der Waals surface area contributed by atoms with Crippen LogP contribution in [0.2, 0.25) is 0 Å². The standard InChI is InChI=1S/C16H19FN4O/c1-10-5-12(3-4-15(10)17)20-16(22)14-8-18-7-13(14)11-6-19-21(2)9-11/h3-6,9,13-14,18H,7-8H2,1-2H3,(H,20,22)/t13-,14+/m1/s1. The second kappa shape index (κ2) is 5.88. The van der Waals surface area contributed by atoms with Gasteiger partial charge in [-0.3, -0.25) is 9.48 Å². The molecule has 1 fully saturated rings. The number of hydrogen-bond donors (Lipinski definition) is 2. The van der Waals surface area contributed by atoms with Gasteiger partial charge in [0.1, 0.15) is 5.82 Å². The largest absolute Gasteiger partial charge is 0.326 e. The van der Waals surface area contributed by atoms with Gasteiger partial charge in [0.05, 0.1) is 12.1 Å². The van der Waals surface area contributed by atoms with Crippen LogP contribution in [0.1, 0.15) is 17.0 Å². The lowest BCUT2D eigenvalue weighted by atomic mass is 9.90. The fourth-order valence-electron chi connectivity index (χ4n) is 2.89. The number of aryl methyl sites for hydroxylation is 2. The van der Waals surface area contributed by atoms with Gasteiger partial charge in [-0.2, -0.15) is 5.10 Å². The number of anilines is 1. The third kappa shape index (κ3) is 2.87. The summed E-state index contributed by atoms with van der Waals surface area (Å²) in [6.07, 6.45) is 3.75. The number of halogens is 1. The molecule has 3 rings (SSSR count). The fourth-order valence-corrected chi connectivity index (χ4v) is 2.89. The summed E-state index contributed by atoms with van der Waals surface area (Å²) in [4.78, 5) is 12.5. The quantitative estimate of drug-likeness (QED) is 0.909. The first-order chi connectivity index (χ1) is 10.5. The maximum atomic E-state index is 13.3. The second-order valence-electron chi connectivity index (χ2n) is 5.77. The van der Waals surface area contributed by atoms with Crippen molar-refractivity contribution in [3.8, 4) is 0 Å². The summed E-state index contributed by atoms with van der Waals surface area (Å²) in [6, 6.07) is 4.60. The van der Waals surface area contributed by atoms with Gasteiger partial charge in [0, 0.05) is 37.9 Å². The number of amides is 1. The molecule has 6 heteroatoms. The highest BCUT2D eigenvalue weighted by atomic mass is 19.1. The van der Waals surface area contributed by atoms with Crippen LogP contribution in [-0.2, 0) is 11.8 Å². The molecule has 5 nitrogen and oxygen atoms in total. The lowest BCUT2D eigenvalue weighted by molar-refractivity contribution is -0.119. The minimum absolute atomic E-state index is 0.0511. The number of nitrogens with one attached hydrogen (secondary N) is 2. The van der Waals surface area contributed by atoms with Crippen molar-refractivity contribution in [3.63, 3.8) is 0 Å². The summed E-state index contributed by atoms with van der Waals surface area (Å²) in [5.41, 5.74) is 2.20. The molecule has 1 aromatic carbocycles. The van der Waals surface area contributed by atoms with Gasteiger partial charge in [-0.05, 0) is 36.2 Å². The summed E-state index contributed by atoms with van der Waals surface area (Å²) >= 11 is 0. The SMILES string of the molecule is Cc1cc(NC(=O)[C@H]2CNC[C@@H]2c2cnn(C)c2)ccc1F. The number of nitrogens with zero attached hydrogens (tertiary/aromatic N) is 2. The lowest BCUT2D eigenvalue weighted by Crippen LogP contribution is -2.28. The van der Waals surface area contributed by atoms with E-state index in [0.717, 1.165) is 12.1 Å². The van der Waals surface area contributed by atoms with Crippen molar-refractivity contribution in [1.82, 2.24) is 15.1 Å². The smallest absolute Gasteiger partial charge is 0.229 e. The highest BCUT2D eigenvalue weighted by molar-refractivity contribution is 5.93. The van der Waals surface area contributed by atoms with Crippen molar-refractivity contribution in [3.05, 3.63) is 47.5 Å². The van der Waals surface area contributed by atoms with Crippen LogP contribution >= 0.6 is 0 Å². The first-order valence-electron chi connectivity index (χ1n) is 7.31. The lowest BCUT2D eigenvalue weighted by Gasteiger charge is -2.17. The second-order valence-corrected chi connectivity index (χ2v) is 5.77. The van der Waals surface area contributed by atoms with Gasteiger partial charge in [0.15, 0.2) is 0 Å². The summed E-state index contributed by atoms with van der Waals surface area (Å²) in [5.74, 6) is -0.372. The van der Waals surface area contributed by atoms with E-state index in [1.165, 1.54) is 6.07 Å². The van der Waals surface area contributed by atoms with Crippen LogP contribution in [0.25, 0.3) is 0 Å². The Bertz CT molecular complexity index is 697. The topological polar surface area (TPSA) is 59.0 Å². The number of benzene rings is 1. The van der Waals surface area contributed by atoms with Crippen molar-refractivity contribution < 1.29 is 9.18 Å². The summed E-state index contributed by atoms with van der Waals surface area (Å²) in [7, 11) is 1.86. The van der Waals surface area contributed by atoms with Gasteiger partial charge >= 0.3 is 0 Å². The average Bonchev–Trinajstić information content (AvgIpc) is 3.11. The van der Waals surface area contributed by atoms with Crippen LogP contribution in [0.5, 0.6) is 0 Å². The average molecular weight is 302 g/mol. The Hall–Kier alpha value is -2.21. The van der Waals surface area contributed by atoms with E-state index in [0.29, 0.717) is 17.8 Å². The van der Waals surface area contributed by atoms with Gasteiger partial charge in [-0.25, -0.2) is 4.39 Å². The van der Waals surface area contributed by atoms with E-state index in [2.05, 4.69) is 15.7 Å². The van der Waals surface area contributed by atoms with Gasteiger partial charge < -0.3 is 10.6 Å². The molecule has 0 spiro atoms. The van der Waals surface area contributed by atoms with Crippen molar-refractivity contribution in [1.29, 1.82) is 0 Å². The molecule has 0 aliphatic carbocycles. The zero-order chi connectivity index (χ0) is 15.7. The van der Waals surface area contributed by atoms with Crippen LogP contribution in [0.4, 0.5) is 10.1 Å². The zero-order valence-electron chi connectivity index (χ0n) is 12.6. The summed E-state index contributed by atoms with van der Waals surface area (Å²) < 4.78 is 15.0. The molecule has 1 amide bonds. The van der Waals surface area contributed by atoms with E-state index in [1.807, 2.05) is 13.2 Å². The Kier molecular flexibility index (Phi) is 3.94. The fraction of sp³-hybridized carbons (Fsp3) is 0.375. The monoisotopic (exact) mass is 302 g/mol. The Balaban J connectivity index is 1.74. The van der Waals surface area contributed by atoms with Crippen LogP contribution in [0, 0.1) is 18.7 Å². The van der Waals surface area contributed by atoms with Crippen LogP contribution in [0.3, 0.4) is 0 Å². The molecular weight excluding hydrogens is 283 g/mol. The number of aromatic nitrogens is 2. The molecule has 1 aromatic heterocycles. The van der Waals surface area contributed by atoms with Crippen LogP contribution in [0.15, 0.2) is 30.6 Å². The predicted molar refractivity (Wildman–Crippen MR) is 82.1 cm³/mol. The molecule has 1 aliphatic rings. The first-order valence-corrected chi connectivity index (χ1v) is 7.31. The van der Waals surface area contributed by atoms with E-state index in [9.17, 15) is 9.18 Å². The Labute approximate surface area is 128 Å². The van der Waals surface area contributed by atoms with E-state index >= 15 is 0 Å². The van der Waals surface area contributed by atoms with Gasteiger partial charge in [-0.15, -0.1) is 0 Å². The molecule has 2 aromatic rings.